The highest BCUT2D eigenvalue weighted by Crippen LogP contribution is 2.50. The molecule has 3 unspecified atom stereocenters. The fourth-order valence-electron chi connectivity index (χ4n) is 2.44. The molecule has 3 atom stereocenters. The zero-order chi connectivity index (χ0) is 15.8. The van der Waals surface area contributed by atoms with Crippen LogP contribution in [0.2, 0.25) is 10.0 Å². The Morgan fingerprint density at radius 1 is 1.48 bits per heavy atom. The molecule has 0 bridgehead atoms. The molecule has 2 rings (SSSR count). The van der Waals surface area contributed by atoms with Crippen molar-refractivity contribution in [3.8, 4) is 0 Å². The van der Waals surface area contributed by atoms with Crippen molar-refractivity contribution in [1.29, 1.82) is 0 Å². The molecule has 5 heteroatoms. The molecule has 1 fully saturated rings. The van der Waals surface area contributed by atoms with E-state index in [0.717, 1.165) is 12.0 Å². The highest BCUT2D eigenvalue weighted by molar-refractivity contribution is 6.35. The van der Waals surface area contributed by atoms with Gasteiger partial charge in [0.2, 0.25) is 5.91 Å². The Balaban J connectivity index is 2.04. The monoisotopic (exact) mass is 328 g/mol. The molecule has 1 aliphatic carbocycles. The van der Waals surface area contributed by atoms with Crippen LogP contribution in [0.15, 0.2) is 18.2 Å². The van der Waals surface area contributed by atoms with Crippen LogP contribution in [0.3, 0.4) is 0 Å². The predicted octanol–water partition coefficient (Wildman–Crippen LogP) is 3.59. The van der Waals surface area contributed by atoms with E-state index >= 15 is 0 Å². The van der Waals surface area contributed by atoms with Crippen LogP contribution in [-0.4, -0.2) is 18.0 Å². The van der Waals surface area contributed by atoms with Gasteiger partial charge in [0.05, 0.1) is 5.54 Å². The molecule has 0 saturated heterocycles. The van der Waals surface area contributed by atoms with Crippen molar-refractivity contribution in [3.63, 3.8) is 0 Å². The summed E-state index contributed by atoms with van der Waals surface area (Å²) in [6.45, 7) is 6.54. The van der Waals surface area contributed by atoms with E-state index in [1.165, 1.54) is 0 Å². The van der Waals surface area contributed by atoms with Gasteiger partial charge in [-0.05, 0) is 42.9 Å². The molecular formula is C16H22Cl2N2O. The summed E-state index contributed by atoms with van der Waals surface area (Å²) in [6, 6.07) is 5.45. The van der Waals surface area contributed by atoms with Gasteiger partial charge < -0.3 is 11.1 Å². The standard InChI is InChI=1S/C16H22Cl2N2O/c1-9(2)16(3,8-19)20-15(21)13-7-12(13)11-5-4-10(17)6-14(11)18/h4-6,9,12-13H,7-8,19H2,1-3H3,(H,20,21). The van der Waals surface area contributed by atoms with E-state index in [1.54, 1.807) is 6.07 Å². The van der Waals surface area contributed by atoms with Gasteiger partial charge in [-0.25, -0.2) is 0 Å². The van der Waals surface area contributed by atoms with E-state index in [1.807, 2.05) is 19.1 Å². The van der Waals surface area contributed by atoms with Crippen LogP contribution in [0.25, 0.3) is 0 Å². The Bertz CT molecular complexity index is 547. The van der Waals surface area contributed by atoms with E-state index in [-0.39, 0.29) is 29.2 Å². The number of hydrogen-bond donors (Lipinski definition) is 2. The van der Waals surface area contributed by atoms with Gasteiger partial charge in [-0.1, -0.05) is 43.1 Å². The first-order valence-corrected chi connectivity index (χ1v) is 8.01. The lowest BCUT2D eigenvalue weighted by atomic mass is 9.88. The zero-order valence-corrected chi connectivity index (χ0v) is 14.1. The Hall–Kier alpha value is -0.770. The third-order valence-electron chi connectivity index (χ3n) is 4.60. The minimum Gasteiger partial charge on any atom is -0.349 e. The maximum Gasteiger partial charge on any atom is 0.224 e. The van der Waals surface area contributed by atoms with Crippen molar-refractivity contribution in [1.82, 2.24) is 5.32 Å². The van der Waals surface area contributed by atoms with E-state index in [0.29, 0.717) is 16.6 Å². The molecular weight excluding hydrogens is 307 g/mol. The van der Waals surface area contributed by atoms with Crippen molar-refractivity contribution in [2.45, 2.75) is 38.6 Å². The molecule has 0 radical (unpaired) electrons. The molecule has 1 aliphatic rings. The van der Waals surface area contributed by atoms with Crippen LogP contribution >= 0.6 is 23.2 Å². The van der Waals surface area contributed by atoms with Crippen molar-refractivity contribution in [3.05, 3.63) is 33.8 Å². The first-order chi connectivity index (χ1) is 9.78. The number of benzene rings is 1. The van der Waals surface area contributed by atoms with E-state index < -0.39 is 0 Å². The smallest absolute Gasteiger partial charge is 0.224 e. The number of amides is 1. The van der Waals surface area contributed by atoms with Crippen LogP contribution < -0.4 is 11.1 Å². The molecule has 3 nitrogen and oxygen atoms in total. The normalized spacial score (nSPS) is 23.8. The van der Waals surface area contributed by atoms with Gasteiger partial charge in [-0.2, -0.15) is 0 Å². The van der Waals surface area contributed by atoms with Crippen molar-refractivity contribution in [2.75, 3.05) is 6.54 Å². The fraction of sp³-hybridized carbons (Fsp3) is 0.562. The number of halogens is 2. The maximum absolute atomic E-state index is 12.4. The number of nitrogens with one attached hydrogen (secondary N) is 1. The Labute approximate surface area is 136 Å². The van der Waals surface area contributed by atoms with Crippen molar-refractivity contribution >= 4 is 29.1 Å². The largest absolute Gasteiger partial charge is 0.349 e. The minimum absolute atomic E-state index is 0.0201. The molecule has 0 aromatic heterocycles. The highest BCUT2D eigenvalue weighted by Gasteiger charge is 2.46. The lowest BCUT2D eigenvalue weighted by Crippen LogP contribution is -2.55. The summed E-state index contributed by atoms with van der Waals surface area (Å²) in [5, 5.41) is 4.35. The first kappa shape index (κ1) is 16.6. The summed E-state index contributed by atoms with van der Waals surface area (Å²) in [5.74, 6) is 0.507. The first-order valence-electron chi connectivity index (χ1n) is 7.25. The lowest BCUT2D eigenvalue weighted by molar-refractivity contribution is -0.124. The predicted molar refractivity (Wildman–Crippen MR) is 87.8 cm³/mol. The van der Waals surface area contributed by atoms with Gasteiger partial charge in [-0.3, -0.25) is 4.79 Å². The number of rotatable bonds is 5. The second-order valence-corrected chi connectivity index (χ2v) is 7.22. The topological polar surface area (TPSA) is 55.1 Å². The third kappa shape index (κ3) is 3.53. The molecule has 3 N–H and O–H groups in total. The minimum atomic E-state index is -0.367. The van der Waals surface area contributed by atoms with Crippen molar-refractivity contribution in [2.24, 2.45) is 17.6 Å². The average molecular weight is 329 g/mol. The molecule has 0 aliphatic heterocycles. The summed E-state index contributed by atoms with van der Waals surface area (Å²) in [6.07, 6.45) is 0.825. The van der Waals surface area contributed by atoms with Crippen molar-refractivity contribution < 1.29 is 4.79 Å². The molecule has 1 amide bonds. The molecule has 1 aromatic rings. The van der Waals surface area contributed by atoms with Crippen LogP contribution in [0.4, 0.5) is 0 Å². The zero-order valence-electron chi connectivity index (χ0n) is 12.6. The summed E-state index contributed by atoms with van der Waals surface area (Å²) < 4.78 is 0. The fourth-order valence-corrected chi connectivity index (χ4v) is 2.98. The molecule has 0 heterocycles. The number of nitrogens with two attached hydrogens (primary N) is 1. The number of carbonyl (C=O) groups is 1. The van der Waals surface area contributed by atoms with E-state index in [9.17, 15) is 4.79 Å². The quantitative estimate of drug-likeness (QED) is 0.867. The molecule has 1 aromatic carbocycles. The van der Waals surface area contributed by atoms with E-state index in [2.05, 4.69) is 19.2 Å². The molecule has 21 heavy (non-hydrogen) atoms. The second kappa shape index (κ2) is 6.15. The number of carbonyl (C=O) groups excluding carboxylic acids is 1. The summed E-state index contributed by atoms with van der Waals surface area (Å²) in [7, 11) is 0. The molecule has 0 spiro atoms. The maximum atomic E-state index is 12.4. The summed E-state index contributed by atoms with van der Waals surface area (Å²) in [5.41, 5.74) is 6.45. The van der Waals surface area contributed by atoms with Gasteiger partial charge in [0.1, 0.15) is 0 Å². The van der Waals surface area contributed by atoms with Crippen LogP contribution in [0, 0.1) is 11.8 Å². The van der Waals surface area contributed by atoms with Crippen LogP contribution in [0.1, 0.15) is 38.7 Å². The van der Waals surface area contributed by atoms with E-state index in [4.69, 9.17) is 28.9 Å². The van der Waals surface area contributed by atoms with Gasteiger partial charge >= 0.3 is 0 Å². The second-order valence-electron chi connectivity index (χ2n) is 6.38. The molecule has 1 saturated carbocycles. The Kier molecular flexibility index (Phi) is 4.86. The third-order valence-corrected chi connectivity index (χ3v) is 5.16. The average Bonchev–Trinajstić information content (AvgIpc) is 3.18. The Morgan fingerprint density at radius 3 is 2.67 bits per heavy atom. The highest BCUT2D eigenvalue weighted by atomic mass is 35.5. The number of hydrogen-bond acceptors (Lipinski definition) is 2. The van der Waals surface area contributed by atoms with Crippen LogP contribution in [-0.2, 0) is 4.79 Å². The Morgan fingerprint density at radius 2 is 2.14 bits per heavy atom. The molecule has 116 valence electrons. The van der Waals surface area contributed by atoms with Gasteiger partial charge in [0.25, 0.3) is 0 Å². The van der Waals surface area contributed by atoms with Gasteiger partial charge in [0.15, 0.2) is 0 Å². The van der Waals surface area contributed by atoms with Gasteiger partial charge in [0, 0.05) is 22.5 Å². The summed E-state index contributed by atoms with van der Waals surface area (Å²) >= 11 is 12.1. The SMILES string of the molecule is CC(C)C(C)(CN)NC(=O)C1CC1c1ccc(Cl)cc1Cl. The summed E-state index contributed by atoms with van der Waals surface area (Å²) in [4.78, 5) is 12.4. The van der Waals surface area contributed by atoms with Gasteiger partial charge in [-0.15, -0.1) is 0 Å². The lowest BCUT2D eigenvalue weighted by Gasteiger charge is -2.33. The van der Waals surface area contributed by atoms with Crippen LogP contribution in [0.5, 0.6) is 0 Å².